The summed E-state index contributed by atoms with van der Waals surface area (Å²) in [6.07, 6.45) is 8.32. The fraction of sp³-hybridized carbons (Fsp3) is 0.128. The lowest BCUT2D eigenvalue weighted by molar-refractivity contribution is -0.126. The number of carbonyl (C=O) groups is 3. The van der Waals surface area contributed by atoms with Crippen molar-refractivity contribution in [3.8, 4) is 5.75 Å². The van der Waals surface area contributed by atoms with Crippen molar-refractivity contribution in [1.29, 1.82) is 0 Å². The zero-order chi connectivity index (χ0) is 33.2. The molecule has 0 radical (unpaired) electrons. The van der Waals surface area contributed by atoms with Gasteiger partial charge < -0.3 is 10.1 Å². The van der Waals surface area contributed by atoms with Gasteiger partial charge in [-0.15, -0.1) is 0 Å². The highest BCUT2D eigenvalue weighted by Gasteiger charge is 2.35. The van der Waals surface area contributed by atoms with Crippen molar-refractivity contribution in [2.24, 2.45) is 4.99 Å². The van der Waals surface area contributed by atoms with Gasteiger partial charge >= 0.3 is 0 Å². The van der Waals surface area contributed by atoms with Gasteiger partial charge in [-0.1, -0.05) is 128 Å². The van der Waals surface area contributed by atoms with E-state index in [4.69, 9.17) is 4.74 Å². The lowest BCUT2D eigenvalue weighted by atomic mass is 9.99. The molecule has 1 N–H and O–H groups in total. The summed E-state index contributed by atoms with van der Waals surface area (Å²) in [5.41, 5.74) is 2.95. The second-order valence-corrected chi connectivity index (χ2v) is 11.4. The molecule has 0 spiro atoms. The minimum absolute atomic E-state index is 0.0726. The molecule has 1 aliphatic heterocycles. The molecule has 3 amide bonds. The van der Waals surface area contributed by atoms with Gasteiger partial charge in [0.05, 0.1) is 18.4 Å². The van der Waals surface area contributed by atoms with Crippen LogP contribution in [-0.4, -0.2) is 40.1 Å². The third-order valence-electron chi connectivity index (χ3n) is 7.43. The molecule has 8 heteroatoms. The topological polar surface area (TPSA) is 88.1 Å². The Morgan fingerprint density at radius 2 is 1.57 bits per heavy atom. The van der Waals surface area contributed by atoms with E-state index >= 15 is 0 Å². The first kappa shape index (κ1) is 32.9. The van der Waals surface area contributed by atoms with Crippen LogP contribution < -0.4 is 10.1 Å². The maximum Gasteiger partial charge on any atom is 0.285 e. The quantitative estimate of drug-likeness (QED) is 0.103. The number of fused-ring (bicyclic) bond motifs is 1. The zero-order valence-corrected chi connectivity index (χ0v) is 27.1. The Balaban J connectivity index is 1.46. The van der Waals surface area contributed by atoms with Crippen molar-refractivity contribution in [2.75, 3.05) is 12.4 Å². The number of ether oxygens (including phenoxy) is 1. The second-order valence-electron chi connectivity index (χ2n) is 10.4. The predicted octanol–water partition coefficient (Wildman–Crippen LogP) is 7.63. The van der Waals surface area contributed by atoms with Crippen molar-refractivity contribution in [3.05, 3.63) is 156 Å². The number of hydrogen-bond donors (Lipinski definition) is 1. The summed E-state index contributed by atoms with van der Waals surface area (Å²) in [6, 6.07) is 30.3. The van der Waals surface area contributed by atoms with E-state index in [1.165, 1.54) is 4.90 Å². The van der Waals surface area contributed by atoms with Gasteiger partial charge in [0.15, 0.2) is 5.17 Å². The van der Waals surface area contributed by atoms with Crippen LogP contribution in [0.15, 0.2) is 144 Å². The highest BCUT2D eigenvalue weighted by Crippen LogP contribution is 2.32. The van der Waals surface area contributed by atoms with Gasteiger partial charge in [-0.05, 0) is 54.1 Å². The van der Waals surface area contributed by atoms with Gasteiger partial charge in [-0.3, -0.25) is 19.3 Å². The lowest BCUT2D eigenvalue weighted by Gasteiger charge is -2.28. The summed E-state index contributed by atoms with van der Waals surface area (Å²) in [5, 5.41) is 4.93. The number of thioether (sulfide) groups is 1. The van der Waals surface area contributed by atoms with Gasteiger partial charge in [0.2, 0.25) is 5.91 Å². The van der Waals surface area contributed by atoms with Crippen LogP contribution >= 0.6 is 11.8 Å². The van der Waals surface area contributed by atoms with E-state index in [-0.39, 0.29) is 28.4 Å². The molecular weight excluding hydrogens is 607 g/mol. The number of benzene rings is 4. The number of amides is 3. The average molecular weight is 642 g/mol. The summed E-state index contributed by atoms with van der Waals surface area (Å²) in [7, 11) is 0. The fourth-order valence-corrected chi connectivity index (χ4v) is 6.06. The van der Waals surface area contributed by atoms with Crippen LogP contribution in [0.1, 0.15) is 36.6 Å². The Labute approximate surface area is 279 Å². The van der Waals surface area contributed by atoms with Crippen LogP contribution in [0.2, 0.25) is 0 Å². The molecule has 0 saturated heterocycles. The third-order valence-corrected chi connectivity index (χ3v) is 8.37. The standard InChI is InChI=1S/C39H35N3O4S/c1-4-7-20-30(5-2)42-38(45)33(25-29-23-24-34(46-6-3)32-22-15-14-21-31(29)32)37(44)41-39(42)47-26-35(43)40-36(27-16-10-8-11-17-27)28-18-12-9-13-19-28/h4-5,7-25,36H,1,6,26H2,2-3H3,(H,40,43)/b20-7-,30-5+,33-25+. The Hall–Kier alpha value is -5.47. The first-order chi connectivity index (χ1) is 22.9. The molecule has 4 aromatic rings. The molecule has 0 aromatic heterocycles. The number of allylic oxidation sites excluding steroid dienone is 4. The SMILES string of the molecule is C=C/C=C\C(=C/C)N1C(=O)/C(=C/c2ccc(OCC)c3ccccc23)C(=O)N=C1SCC(=O)NC(c1ccccc1)c1ccccc1. The highest BCUT2D eigenvalue weighted by atomic mass is 32.2. The highest BCUT2D eigenvalue weighted by molar-refractivity contribution is 8.14. The maximum atomic E-state index is 14.1. The minimum atomic E-state index is -0.679. The molecule has 4 aromatic carbocycles. The van der Waals surface area contributed by atoms with Crippen LogP contribution in [0, 0.1) is 0 Å². The molecular formula is C39H35N3O4S. The predicted molar refractivity (Wildman–Crippen MR) is 191 cm³/mol. The summed E-state index contributed by atoms with van der Waals surface area (Å²) < 4.78 is 5.80. The molecule has 1 aliphatic rings. The summed E-state index contributed by atoms with van der Waals surface area (Å²) >= 11 is 1.03. The summed E-state index contributed by atoms with van der Waals surface area (Å²) in [4.78, 5) is 46.7. The van der Waals surface area contributed by atoms with Crippen LogP contribution in [-0.2, 0) is 14.4 Å². The molecule has 5 rings (SSSR count). The molecule has 1 heterocycles. The number of rotatable bonds is 11. The van der Waals surface area contributed by atoms with Crippen molar-refractivity contribution < 1.29 is 19.1 Å². The Morgan fingerprint density at radius 1 is 0.936 bits per heavy atom. The van der Waals surface area contributed by atoms with Crippen molar-refractivity contribution >= 4 is 51.5 Å². The molecule has 0 bridgehead atoms. The maximum absolute atomic E-state index is 14.1. The first-order valence-electron chi connectivity index (χ1n) is 15.3. The molecule has 0 fully saturated rings. The molecule has 7 nitrogen and oxygen atoms in total. The van der Waals surface area contributed by atoms with E-state index in [9.17, 15) is 14.4 Å². The zero-order valence-electron chi connectivity index (χ0n) is 26.3. The third kappa shape index (κ3) is 7.68. The molecule has 0 saturated carbocycles. The van der Waals surface area contributed by atoms with Gasteiger partial charge in [-0.25, -0.2) is 0 Å². The number of nitrogens with zero attached hydrogens (tertiary/aromatic N) is 2. The van der Waals surface area contributed by atoms with E-state index in [1.807, 2.05) is 104 Å². The van der Waals surface area contributed by atoms with E-state index < -0.39 is 11.8 Å². The number of carbonyl (C=O) groups excluding carboxylic acids is 3. The average Bonchev–Trinajstić information content (AvgIpc) is 3.10. The van der Waals surface area contributed by atoms with Crippen molar-refractivity contribution in [1.82, 2.24) is 10.2 Å². The van der Waals surface area contributed by atoms with Crippen molar-refractivity contribution in [3.63, 3.8) is 0 Å². The van der Waals surface area contributed by atoms with Gasteiger partial charge in [-0.2, -0.15) is 4.99 Å². The number of aliphatic imine (C=N–C) groups is 1. The molecule has 0 unspecified atom stereocenters. The van der Waals surface area contributed by atoms with E-state index in [1.54, 1.807) is 37.3 Å². The summed E-state index contributed by atoms with van der Waals surface area (Å²) in [6.45, 7) is 7.95. The van der Waals surface area contributed by atoms with Crippen LogP contribution in [0.5, 0.6) is 5.75 Å². The smallest absolute Gasteiger partial charge is 0.285 e. The molecule has 236 valence electrons. The van der Waals surface area contributed by atoms with Crippen LogP contribution in [0.3, 0.4) is 0 Å². The largest absolute Gasteiger partial charge is 0.493 e. The van der Waals surface area contributed by atoms with E-state index in [0.717, 1.165) is 39.4 Å². The summed E-state index contributed by atoms with van der Waals surface area (Å²) in [5.74, 6) is -0.853. The molecule has 47 heavy (non-hydrogen) atoms. The van der Waals surface area contributed by atoms with Gasteiger partial charge in [0, 0.05) is 11.1 Å². The first-order valence-corrected chi connectivity index (χ1v) is 16.2. The van der Waals surface area contributed by atoms with Crippen LogP contribution in [0.4, 0.5) is 0 Å². The molecule has 0 atom stereocenters. The lowest BCUT2D eigenvalue weighted by Crippen LogP contribution is -2.42. The fourth-order valence-electron chi connectivity index (χ4n) is 5.25. The number of hydrogen-bond acceptors (Lipinski definition) is 5. The normalized spacial score (nSPS) is 14.6. The Morgan fingerprint density at radius 3 is 2.19 bits per heavy atom. The second kappa shape index (κ2) is 15.7. The number of amidine groups is 1. The van der Waals surface area contributed by atoms with E-state index in [0.29, 0.717) is 17.9 Å². The Kier molecular flexibility index (Phi) is 11.0. The van der Waals surface area contributed by atoms with E-state index in [2.05, 4.69) is 16.9 Å². The Bertz CT molecular complexity index is 1870. The minimum Gasteiger partial charge on any atom is -0.493 e. The number of nitrogens with one attached hydrogen (secondary N) is 1. The molecule has 0 aliphatic carbocycles. The van der Waals surface area contributed by atoms with Crippen molar-refractivity contribution in [2.45, 2.75) is 19.9 Å². The van der Waals surface area contributed by atoms with Gasteiger partial charge in [0.25, 0.3) is 11.8 Å². The van der Waals surface area contributed by atoms with Crippen LogP contribution in [0.25, 0.3) is 16.8 Å². The monoisotopic (exact) mass is 641 g/mol. The van der Waals surface area contributed by atoms with Gasteiger partial charge in [0.1, 0.15) is 11.3 Å².